The standard InChI is InChI=1S/C44H62N4O10/c1-5-7-17-35(55-39(49)27-47-23-19-45(3)20-24-47)31-13-9-11-15-33(31)43(51)57-37-29-53-42-38(30-54-41(37)42)58-44(52)34-16-12-10-14-32(34)36(18-8-6-2)56-40(50)28-48-25-21-46(4)22-26-48/h9-16,35-38,41-42H,5-8,17-30H2,1-4H3/t35-,36-,37-,38-,41-,42-/m1/s1. The minimum atomic E-state index is -0.742. The molecule has 318 valence electrons. The molecule has 6 rings (SSSR count). The van der Waals surface area contributed by atoms with Gasteiger partial charge in [0.1, 0.15) is 24.4 Å². The molecule has 4 saturated heterocycles. The number of carbonyl (C=O) groups is 4. The van der Waals surface area contributed by atoms with E-state index in [0.717, 1.165) is 78.0 Å². The Labute approximate surface area is 343 Å². The molecule has 4 fully saturated rings. The number of benzene rings is 2. The molecule has 0 aliphatic carbocycles. The number of ether oxygens (including phenoxy) is 6. The first kappa shape index (κ1) is 43.7. The third kappa shape index (κ3) is 11.6. The van der Waals surface area contributed by atoms with Gasteiger partial charge in [0.2, 0.25) is 0 Å². The van der Waals surface area contributed by atoms with Crippen LogP contribution in [0.3, 0.4) is 0 Å². The van der Waals surface area contributed by atoms with Gasteiger partial charge in [-0.3, -0.25) is 19.4 Å². The average Bonchev–Trinajstić information content (AvgIpc) is 3.82. The van der Waals surface area contributed by atoms with Gasteiger partial charge in [-0.1, -0.05) is 63.1 Å². The maximum absolute atomic E-state index is 13.8. The highest BCUT2D eigenvalue weighted by Crippen LogP contribution is 2.34. The van der Waals surface area contributed by atoms with E-state index in [1.165, 1.54) is 0 Å². The first-order valence-electron chi connectivity index (χ1n) is 21.2. The molecule has 4 aliphatic rings. The average molecular weight is 807 g/mol. The summed E-state index contributed by atoms with van der Waals surface area (Å²) in [7, 11) is 4.14. The molecule has 0 N–H and O–H groups in total. The van der Waals surface area contributed by atoms with E-state index in [9.17, 15) is 19.2 Å². The molecule has 0 amide bonds. The molecule has 58 heavy (non-hydrogen) atoms. The fourth-order valence-corrected chi connectivity index (χ4v) is 8.06. The van der Waals surface area contributed by atoms with E-state index < -0.39 is 48.6 Å². The molecule has 0 bridgehead atoms. The summed E-state index contributed by atoms with van der Waals surface area (Å²) in [5, 5.41) is 0. The number of rotatable bonds is 18. The van der Waals surface area contributed by atoms with Crippen LogP contribution in [0.5, 0.6) is 0 Å². The van der Waals surface area contributed by atoms with Crippen LogP contribution in [-0.4, -0.2) is 161 Å². The Balaban J connectivity index is 1.07. The van der Waals surface area contributed by atoms with Gasteiger partial charge in [-0.15, -0.1) is 0 Å². The number of esters is 4. The molecular weight excluding hydrogens is 745 g/mol. The fraction of sp³-hybridized carbons (Fsp3) is 0.636. The second kappa shape index (κ2) is 21.4. The van der Waals surface area contributed by atoms with Gasteiger partial charge in [0.15, 0.2) is 12.2 Å². The zero-order chi connectivity index (χ0) is 41.0. The van der Waals surface area contributed by atoms with Gasteiger partial charge < -0.3 is 38.2 Å². The lowest BCUT2D eigenvalue weighted by molar-refractivity contribution is -0.152. The number of carbonyl (C=O) groups excluding carboxylic acids is 4. The summed E-state index contributed by atoms with van der Waals surface area (Å²) in [5.41, 5.74) is 1.84. The van der Waals surface area contributed by atoms with Crippen LogP contribution in [0.2, 0.25) is 0 Å². The second-order valence-electron chi connectivity index (χ2n) is 16.1. The Hall–Kier alpha value is -3.92. The lowest BCUT2D eigenvalue weighted by Crippen LogP contribution is -2.46. The maximum Gasteiger partial charge on any atom is 0.339 e. The molecule has 0 spiro atoms. The van der Waals surface area contributed by atoms with E-state index in [4.69, 9.17) is 28.4 Å². The normalized spacial score (nSPS) is 24.1. The Morgan fingerprint density at radius 1 is 0.603 bits per heavy atom. The number of fused-ring (bicyclic) bond motifs is 1. The maximum atomic E-state index is 13.8. The van der Waals surface area contributed by atoms with Crippen LogP contribution >= 0.6 is 0 Å². The van der Waals surface area contributed by atoms with Crippen LogP contribution < -0.4 is 0 Å². The van der Waals surface area contributed by atoms with Crippen molar-refractivity contribution in [3.63, 3.8) is 0 Å². The highest BCUT2D eigenvalue weighted by Gasteiger charge is 2.51. The molecule has 0 radical (unpaired) electrons. The van der Waals surface area contributed by atoms with Crippen molar-refractivity contribution in [2.75, 3.05) is 92.8 Å². The van der Waals surface area contributed by atoms with Crippen molar-refractivity contribution < 1.29 is 47.6 Å². The molecule has 4 heterocycles. The summed E-state index contributed by atoms with van der Waals surface area (Å²) in [6.07, 6.45) is 0.604. The summed E-state index contributed by atoms with van der Waals surface area (Å²) in [4.78, 5) is 62.6. The largest absolute Gasteiger partial charge is 0.457 e. The molecule has 2 aromatic rings. The Bertz CT molecular complexity index is 1560. The van der Waals surface area contributed by atoms with Crippen LogP contribution in [0.25, 0.3) is 0 Å². The third-order valence-corrected chi connectivity index (χ3v) is 11.6. The Morgan fingerprint density at radius 2 is 0.983 bits per heavy atom. The fourth-order valence-electron chi connectivity index (χ4n) is 8.06. The molecule has 6 atom stereocenters. The zero-order valence-electron chi connectivity index (χ0n) is 34.7. The van der Waals surface area contributed by atoms with Gasteiger partial charge in [0.05, 0.1) is 37.4 Å². The van der Waals surface area contributed by atoms with Crippen LogP contribution in [0.15, 0.2) is 48.5 Å². The minimum absolute atomic E-state index is 0.0650. The summed E-state index contributed by atoms with van der Waals surface area (Å²) in [6.45, 7) is 11.4. The van der Waals surface area contributed by atoms with Crippen molar-refractivity contribution in [3.05, 3.63) is 70.8 Å². The molecule has 14 heteroatoms. The number of likely N-dealkylation sites (N-methyl/N-ethyl adjacent to an activating group) is 2. The van der Waals surface area contributed by atoms with E-state index in [0.29, 0.717) is 35.1 Å². The predicted molar refractivity (Wildman–Crippen MR) is 215 cm³/mol. The summed E-state index contributed by atoms with van der Waals surface area (Å²) in [6, 6.07) is 14.2. The highest BCUT2D eigenvalue weighted by atomic mass is 16.7. The van der Waals surface area contributed by atoms with Gasteiger partial charge in [-0.2, -0.15) is 0 Å². The highest BCUT2D eigenvalue weighted by molar-refractivity contribution is 5.92. The van der Waals surface area contributed by atoms with Gasteiger partial charge in [0.25, 0.3) is 0 Å². The van der Waals surface area contributed by atoms with Gasteiger partial charge in [-0.25, -0.2) is 9.59 Å². The van der Waals surface area contributed by atoms with Gasteiger partial charge in [0, 0.05) is 63.5 Å². The van der Waals surface area contributed by atoms with Crippen molar-refractivity contribution in [1.29, 1.82) is 0 Å². The zero-order valence-corrected chi connectivity index (χ0v) is 34.7. The van der Waals surface area contributed by atoms with Crippen molar-refractivity contribution in [3.8, 4) is 0 Å². The third-order valence-electron chi connectivity index (χ3n) is 11.6. The van der Waals surface area contributed by atoms with Crippen molar-refractivity contribution in [1.82, 2.24) is 19.6 Å². The molecule has 0 unspecified atom stereocenters. The number of piperazine rings is 2. The monoisotopic (exact) mass is 806 g/mol. The van der Waals surface area contributed by atoms with Crippen LogP contribution in [0.1, 0.15) is 96.4 Å². The van der Waals surface area contributed by atoms with Gasteiger partial charge in [-0.05, 0) is 51.9 Å². The van der Waals surface area contributed by atoms with Crippen molar-refractivity contribution >= 4 is 23.9 Å². The number of hydrogen-bond acceptors (Lipinski definition) is 14. The lowest BCUT2D eigenvalue weighted by atomic mass is 9.98. The molecule has 0 saturated carbocycles. The number of unbranched alkanes of at least 4 members (excludes halogenated alkanes) is 2. The Kier molecular flexibility index (Phi) is 16.1. The summed E-state index contributed by atoms with van der Waals surface area (Å²) in [5.74, 6) is -1.77. The minimum Gasteiger partial charge on any atom is -0.457 e. The number of hydrogen-bond donors (Lipinski definition) is 0. The van der Waals surface area contributed by atoms with E-state index in [1.807, 2.05) is 24.3 Å². The summed E-state index contributed by atoms with van der Waals surface area (Å²) < 4.78 is 36.3. The molecular formula is C44H62N4O10. The van der Waals surface area contributed by atoms with Crippen LogP contribution in [0, 0.1) is 0 Å². The molecule has 14 nitrogen and oxygen atoms in total. The van der Waals surface area contributed by atoms with Gasteiger partial charge >= 0.3 is 23.9 Å². The van der Waals surface area contributed by atoms with E-state index in [-0.39, 0.29) is 38.2 Å². The molecule has 2 aromatic carbocycles. The SMILES string of the molecule is CCCC[C@@H](OC(=O)CN1CCN(C)CC1)c1ccccc1C(=O)O[C@@H]1CO[C@H]2[C@@H]1OC[C@H]2OC(=O)c1ccccc1[C@@H](CCCC)OC(=O)CN1CCN(C)CC1. The van der Waals surface area contributed by atoms with Crippen molar-refractivity contribution in [2.24, 2.45) is 0 Å². The second-order valence-corrected chi connectivity index (χ2v) is 16.1. The number of nitrogens with zero attached hydrogens (tertiary/aromatic N) is 4. The first-order chi connectivity index (χ1) is 28.1. The quantitative estimate of drug-likeness (QED) is 0.157. The van der Waals surface area contributed by atoms with E-state index in [1.54, 1.807) is 24.3 Å². The first-order valence-corrected chi connectivity index (χ1v) is 21.2. The summed E-state index contributed by atoms with van der Waals surface area (Å²) >= 11 is 0. The van der Waals surface area contributed by atoms with Crippen LogP contribution in [0.4, 0.5) is 0 Å². The lowest BCUT2D eigenvalue weighted by Gasteiger charge is -2.32. The topological polar surface area (TPSA) is 137 Å². The molecule has 0 aromatic heterocycles. The molecule has 4 aliphatic heterocycles. The smallest absolute Gasteiger partial charge is 0.339 e. The van der Waals surface area contributed by atoms with Crippen LogP contribution in [-0.2, 0) is 38.0 Å². The Morgan fingerprint density at radius 3 is 1.36 bits per heavy atom. The van der Waals surface area contributed by atoms with E-state index >= 15 is 0 Å². The van der Waals surface area contributed by atoms with Crippen molar-refractivity contribution in [2.45, 2.75) is 89.0 Å². The van der Waals surface area contributed by atoms with E-state index in [2.05, 4.69) is 47.5 Å². The predicted octanol–water partition coefficient (Wildman–Crippen LogP) is 4.28.